The maximum Gasteiger partial charge on any atom is 0.241 e. The normalized spacial score (nSPS) is 28.4. The van der Waals surface area contributed by atoms with Gasteiger partial charge in [0, 0.05) is 30.6 Å². The molecule has 2 aromatic rings. The van der Waals surface area contributed by atoms with Gasteiger partial charge in [-0.1, -0.05) is 24.3 Å². The number of aliphatic hydroxyl groups is 4. The highest BCUT2D eigenvalue weighted by atomic mass is 32.2. The van der Waals surface area contributed by atoms with Gasteiger partial charge in [0.05, 0.1) is 11.5 Å². The highest BCUT2D eigenvalue weighted by Gasteiger charge is 2.45. The summed E-state index contributed by atoms with van der Waals surface area (Å²) in [5.41, 5.74) is 0.830. The maximum atomic E-state index is 13.0. The van der Waals surface area contributed by atoms with Crippen LogP contribution in [0.5, 0.6) is 0 Å². The number of aliphatic hydroxyl groups excluding tert-OH is 4. The van der Waals surface area contributed by atoms with Gasteiger partial charge in [-0.15, -0.1) is 0 Å². The first-order valence-corrected chi connectivity index (χ1v) is 10.2. The molecule has 1 fully saturated rings. The number of rotatable bonds is 5. The van der Waals surface area contributed by atoms with Gasteiger partial charge in [0.1, 0.15) is 24.4 Å². The molecule has 0 radical (unpaired) electrons. The van der Waals surface area contributed by atoms with Crippen molar-refractivity contribution in [1.82, 2.24) is 4.72 Å². The Morgan fingerprint density at radius 2 is 1.68 bits per heavy atom. The molecule has 0 aromatic heterocycles. The molecule has 1 unspecified atom stereocenters. The molecule has 3 rings (SSSR count). The van der Waals surface area contributed by atoms with E-state index in [1.165, 1.54) is 6.07 Å². The summed E-state index contributed by atoms with van der Waals surface area (Å²) in [6, 6.07) is 8.57. The Balaban J connectivity index is 1.99. The average Bonchev–Trinajstić information content (AvgIpc) is 2.66. The fourth-order valence-corrected chi connectivity index (χ4v) is 4.82. The van der Waals surface area contributed by atoms with Crippen LogP contribution in [0.2, 0.25) is 0 Å². The smallest absolute Gasteiger partial charge is 0.241 e. The van der Waals surface area contributed by atoms with Crippen LogP contribution < -0.4 is 9.62 Å². The molecule has 0 aliphatic carbocycles. The van der Waals surface area contributed by atoms with Crippen molar-refractivity contribution in [2.45, 2.75) is 35.5 Å². The zero-order valence-corrected chi connectivity index (χ0v) is 16.2. The van der Waals surface area contributed by atoms with Gasteiger partial charge in [0.2, 0.25) is 10.0 Å². The Morgan fingerprint density at radius 3 is 2.32 bits per heavy atom. The number of hydrogen-bond acceptors (Lipinski definition) is 8. The SMILES string of the molecule is CN(C)c1cccc2c(S(=O)(=O)N[C@@H]3C(O)O[C@H](CO)[C@@H](O)[C@@H]3O)cccc12. The van der Waals surface area contributed by atoms with Crippen molar-refractivity contribution in [2.24, 2.45) is 0 Å². The van der Waals surface area contributed by atoms with E-state index in [0.717, 1.165) is 11.1 Å². The summed E-state index contributed by atoms with van der Waals surface area (Å²) in [5, 5.41) is 40.6. The fourth-order valence-electron chi connectivity index (χ4n) is 3.36. The molecule has 0 bridgehead atoms. The van der Waals surface area contributed by atoms with Crippen LogP contribution in [-0.2, 0) is 14.8 Å². The third kappa shape index (κ3) is 3.72. The van der Waals surface area contributed by atoms with Crippen LogP contribution in [0.3, 0.4) is 0 Å². The van der Waals surface area contributed by atoms with E-state index in [9.17, 15) is 23.7 Å². The topological polar surface area (TPSA) is 140 Å². The second kappa shape index (κ2) is 7.91. The van der Waals surface area contributed by atoms with Crippen molar-refractivity contribution < 1.29 is 33.6 Å². The van der Waals surface area contributed by atoms with Crippen molar-refractivity contribution in [3.8, 4) is 0 Å². The Bertz CT molecular complexity index is 950. The summed E-state index contributed by atoms with van der Waals surface area (Å²) >= 11 is 0. The molecule has 5 N–H and O–H groups in total. The summed E-state index contributed by atoms with van der Waals surface area (Å²) in [6.45, 7) is -0.634. The summed E-state index contributed by atoms with van der Waals surface area (Å²) in [5.74, 6) is 0. The Hall–Kier alpha value is -1.79. The number of nitrogens with one attached hydrogen (secondary N) is 1. The number of ether oxygens (including phenoxy) is 1. The highest BCUT2D eigenvalue weighted by Crippen LogP contribution is 2.31. The summed E-state index contributed by atoms with van der Waals surface area (Å²) in [7, 11) is -0.492. The molecule has 1 aliphatic heterocycles. The van der Waals surface area contributed by atoms with Crippen LogP contribution >= 0.6 is 0 Å². The van der Waals surface area contributed by atoms with Gasteiger partial charge < -0.3 is 30.1 Å². The molecular formula is C18H24N2O7S. The maximum absolute atomic E-state index is 13.0. The Labute approximate surface area is 162 Å². The van der Waals surface area contributed by atoms with Gasteiger partial charge >= 0.3 is 0 Å². The molecule has 0 saturated carbocycles. The van der Waals surface area contributed by atoms with Crippen molar-refractivity contribution >= 4 is 26.5 Å². The monoisotopic (exact) mass is 412 g/mol. The zero-order chi connectivity index (χ0) is 20.6. The lowest BCUT2D eigenvalue weighted by molar-refractivity contribution is -0.251. The Morgan fingerprint density at radius 1 is 1.04 bits per heavy atom. The van der Waals surface area contributed by atoms with E-state index < -0.39 is 47.3 Å². The average molecular weight is 412 g/mol. The van der Waals surface area contributed by atoms with Crippen molar-refractivity contribution in [1.29, 1.82) is 0 Å². The van der Waals surface area contributed by atoms with Gasteiger partial charge in [-0.05, 0) is 12.1 Å². The van der Waals surface area contributed by atoms with Gasteiger partial charge in [-0.3, -0.25) is 0 Å². The number of hydrogen-bond donors (Lipinski definition) is 5. The van der Waals surface area contributed by atoms with E-state index in [1.54, 1.807) is 24.3 Å². The number of benzene rings is 2. The van der Waals surface area contributed by atoms with Crippen LogP contribution in [0.15, 0.2) is 41.3 Å². The van der Waals surface area contributed by atoms with E-state index in [4.69, 9.17) is 9.84 Å². The van der Waals surface area contributed by atoms with Crippen LogP contribution in [-0.4, -0.2) is 80.2 Å². The molecule has 1 heterocycles. The molecule has 28 heavy (non-hydrogen) atoms. The zero-order valence-electron chi connectivity index (χ0n) is 15.4. The van der Waals surface area contributed by atoms with Crippen LogP contribution in [0.4, 0.5) is 5.69 Å². The van der Waals surface area contributed by atoms with Crippen molar-refractivity contribution in [2.75, 3.05) is 25.6 Å². The van der Waals surface area contributed by atoms with Crippen molar-refractivity contribution in [3.05, 3.63) is 36.4 Å². The van der Waals surface area contributed by atoms with E-state index in [-0.39, 0.29) is 4.90 Å². The minimum Gasteiger partial charge on any atom is -0.394 e. The first-order chi connectivity index (χ1) is 13.2. The van der Waals surface area contributed by atoms with Crippen LogP contribution in [0.25, 0.3) is 10.8 Å². The largest absolute Gasteiger partial charge is 0.394 e. The first kappa shape index (κ1) is 20.9. The second-order valence-corrected chi connectivity index (χ2v) is 8.58. The lowest BCUT2D eigenvalue weighted by Gasteiger charge is -2.40. The lowest BCUT2D eigenvalue weighted by atomic mass is 9.98. The lowest BCUT2D eigenvalue weighted by Crippen LogP contribution is -2.64. The number of anilines is 1. The molecule has 0 amide bonds. The first-order valence-electron chi connectivity index (χ1n) is 8.69. The van der Waals surface area contributed by atoms with Gasteiger partial charge in [0.15, 0.2) is 6.29 Å². The molecule has 1 saturated heterocycles. The molecule has 2 aromatic carbocycles. The van der Waals surface area contributed by atoms with Crippen molar-refractivity contribution in [3.63, 3.8) is 0 Å². The third-order valence-electron chi connectivity index (χ3n) is 4.82. The molecule has 9 nitrogen and oxygen atoms in total. The molecule has 10 heteroatoms. The molecule has 5 atom stereocenters. The highest BCUT2D eigenvalue weighted by molar-refractivity contribution is 7.89. The Kier molecular flexibility index (Phi) is 5.92. The fraction of sp³-hybridized carbons (Fsp3) is 0.444. The predicted molar refractivity (Wildman–Crippen MR) is 102 cm³/mol. The third-order valence-corrected chi connectivity index (χ3v) is 6.34. The molecule has 1 aliphatic rings. The van der Waals surface area contributed by atoms with Gasteiger partial charge in [-0.2, -0.15) is 0 Å². The van der Waals surface area contributed by atoms with Crippen LogP contribution in [0.1, 0.15) is 0 Å². The molecule has 154 valence electrons. The predicted octanol–water partition coefficient (Wildman–Crippen LogP) is -1.02. The molecular weight excluding hydrogens is 388 g/mol. The summed E-state index contributed by atoms with van der Waals surface area (Å²) < 4.78 is 33.3. The second-order valence-electron chi connectivity index (χ2n) is 6.90. The van der Waals surface area contributed by atoms with E-state index in [0.29, 0.717) is 5.39 Å². The molecule has 0 spiro atoms. The number of fused-ring (bicyclic) bond motifs is 1. The van der Waals surface area contributed by atoms with Gasteiger partial charge in [-0.25, -0.2) is 13.1 Å². The van der Waals surface area contributed by atoms with E-state index in [2.05, 4.69) is 4.72 Å². The summed E-state index contributed by atoms with van der Waals surface area (Å²) in [6.07, 6.45) is -6.18. The van der Waals surface area contributed by atoms with Crippen LogP contribution in [0, 0.1) is 0 Å². The van der Waals surface area contributed by atoms with E-state index >= 15 is 0 Å². The number of nitrogens with zero attached hydrogens (tertiary/aromatic N) is 1. The van der Waals surface area contributed by atoms with E-state index in [1.807, 2.05) is 25.1 Å². The minimum atomic E-state index is -4.18. The quantitative estimate of drug-likeness (QED) is 0.421. The van der Waals surface area contributed by atoms with Gasteiger partial charge in [0.25, 0.3) is 0 Å². The standard InChI is InChI=1S/C18H24N2O7S/c1-20(2)12-7-3-6-11-10(12)5-4-8-14(11)28(25,26)19-15-17(23)16(22)13(9-21)27-18(15)24/h3-8,13,15-19,21-24H,9H2,1-2H3/t13-,15+,16-,17-,18?/m1/s1. The minimum absolute atomic E-state index is 0.0353. The number of sulfonamides is 1. The summed E-state index contributed by atoms with van der Waals surface area (Å²) in [4.78, 5) is 1.83.